The van der Waals surface area contributed by atoms with Crippen LogP contribution in [0, 0.1) is 0 Å². The van der Waals surface area contributed by atoms with Gasteiger partial charge in [-0.25, -0.2) is 8.78 Å². The van der Waals surface area contributed by atoms with Crippen molar-refractivity contribution in [2.45, 2.75) is 25.8 Å². The van der Waals surface area contributed by atoms with Crippen molar-refractivity contribution in [1.82, 2.24) is 5.32 Å². The van der Waals surface area contributed by atoms with Crippen LogP contribution in [0.5, 0.6) is 11.5 Å². The van der Waals surface area contributed by atoms with Crippen LogP contribution < -0.4 is 14.8 Å². The molecular weight excluding hydrogens is 240 g/mol. The average Bonchev–Trinajstić information content (AvgIpc) is 2.38. The van der Waals surface area contributed by atoms with Gasteiger partial charge in [-0.15, -0.1) is 0 Å². The molecule has 0 spiro atoms. The highest BCUT2D eigenvalue weighted by atomic mass is 19.3. The summed E-state index contributed by atoms with van der Waals surface area (Å²) in [6.07, 6.45) is -1.64. The number of halogens is 2. The van der Waals surface area contributed by atoms with Crippen molar-refractivity contribution >= 4 is 0 Å². The molecule has 1 aromatic rings. The molecule has 0 saturated carbocycles. The zero-order valence-electron chi connectivity index (χ0n) is 10.3. The number of ether oxygens (including phenoxy) is 2. The quantitative estimate of drug-likeness (QED) is 0.877. The van der Waals surface area contributed by atoms with Crippen LogP contribution in [0.25, 0.3) is 0 Å². The Morgan fingerprint density at radius 3 is 2.67 bits per heavy atom. The van der Waals surface area contributed by atoms with Gasteiger partial charge in [-0.3, -0.25) is 0 Å². The third-order valence-electron chi connectivity index (χ3n) is 2.86. The highest BCUT2D eigenvalue weighted by Crippen LogP contribution is 2.30. The Kier molecular flexibility index (Phi) is 4.36. The third-order valence-corrected chi connectivity index (χ3v) is 2.86. The predicted molar refractivity (Wildman–Crippen MR) is 64.6 cm³/mol. The first-order valence-electron chi connectivity index (χ1n) is 6.07. The molecule has 0 saturated heterocycles. The lowest BCUT2D eigenvalue weighted by Gasteiger charge is -2.19. The van der Waals surface area contributed by atoms with Crippen molar-refractivity contribution in [2.75, 3.05) is 19.8 Å². The van der Waals surface area contributed by atoms with Crippen molar-refractivity contribution in [2.24, 2.45) is 0 Å². The average molecular weight is 257 g/mol. The Balaban J connectivity index is 1.86. The summed E-state index contributed by atoms with van der Waals surface area (Å²) in [6, 6.07) is 4.92. The fraction of sp³-hybridized carbons (Fsp3) is 0.538. The minimum Gasteiger partial charge on any atom is -0.486 e. The molecule has 2 rings (SSSR count). The fourth-order valence-corrected chi connectivity index (χ4v) is 1.78. The maximum Gasteiger partial charge on any atom is 0.253 e. The van der Waals surface area contributed by atoms with E-state index in [1.807, 2.05) is 18.2 Å². The van der Waals surface area contributed by atoms with Gasteiger partial charge in [-0.1, -0.05) is 6.07 Å². The molecule has 0 amide bonds. The van der Waals surface area contributed by atoms with Crippen LogP contribution in [0.4, 0.5) is 8.78 Å². The van der Waals surface area contributed by atoms with E-state index in [2.05, 4.69) is 5.32 Å². The summed E-state index contributed by atoms with van der Waals surface area (Å²) in [6.45, 7) is 3.12. The highest BCUT2D eigenvalue weighted by molar-refractivity contribution is 5.43. The number of nitrogens with one attached hydrogen (secondary N) is 1. The smallest absolute Gasteiger partial charge is 0.253 e. The summed E-state index contributed by atoms with van der Waals surface area (Å²) >= 11 is 0. The Morgan fingerprint density at radius 1 is 1.22 bits per heavy atom. The normalized spacial score (nSPS) is 15.8. The lowest BCUT2D eigenvalue weighted by Crippen LogP contribution is -2.34. The minimum absolute atomic E-state index is 0.519. The van der Waals surface area contributed by atoms with E-state index in [-0.39, 0.29) is 0 Å². The number of rotatable bonds is 5. The van der Waals surface area contributed by atoms with Gasteiger partial charge in [0.05, 0.1) is 6.04 Å². The lowest BCUT2D eigenvalue weighted by atomic mass is 10.1. The van der Waals surface area contributed by atoms with Gasteiger partial charge in [0.1, 0.15) is 13.2 Å². The second-order valence-corrected chi connectivity index (χ2v) is 4.31. The standard InChI is InChI=1S/C13H17F2NO2/c1-9(13(14)15)16-5-4-10-2-3-11-12(8-10)18-7-6-17-11/h2-3,8-9,13,16H,4-7H2,1H3. The molecule has 1 heterocycles. The zero-order valence-corrected chi connectivity index (χ0v) is 10.3. The molecule has 1 N–H and O–H groups in total. The summed E-state index contributed by atoms with van der Waals surface area (Å²) in [5, 5.41) is 2.79. The Labute approximate surface area is 105 Å². The van der Waals surface area contributed by atoms with Crippen molar-refractivity contribution in [1.29, 1.82) is 0 Å². The van der Waals surface area contributed by atoms with E-state index >= 15 is 0 Å². The SMILES string of the molecule is CC(NCCc1ccc2c(c1)OCCO2)C(F)F. The summed E-state index contributed by atoms with van der Waals surface area (Å²) < 4.78 is 35.4. The number of hydrogen-bond acceptors (Lipinski definition) is 3. The molecule has 0 fully saturated rings. The zero-order chi connectivity index (χ0) is 13.0. The maximum absolute atomic E-state index is 12.3. The number of benzene rings is 1. The highest BCUT2D eigenvalue weighted by Gasteiger charge is 2.14. The van der Waals surface area contributed by atoms with Crippen LogP contribution in [0.1, 0.15) is 12.5 Å². The molecule has 1 atom stereocenters. The Morgan fingerprint density at radius 2 is 1.94 bits per heavy atom. The van der Waals surface area contributed by atoms with E-state index < -0.39 is 12.5 Å². The first-order valence-corrected chi connectivity index (χ1v) is 6.07. The minimum atomic E-state index is -2.33. The van der Waals surface area contributed by atoms with Crippen LogP contribution in [0.3, 0.4) is 0 Å². The molecule has 0 radical (unpaired) electrons. The molecule has 0 aromatic heterocycles. The van der Waals surface area contributed by atoms with Crippen molar-refractivity contribution < 1.29 is 18.3 Å². The van der Waals surface area contributed by atoms with Crippen molar-refractivity contribution in [3.8, 4) is 11.5 Å². The predicted octanol–water partition coefficient (Wildman–Crippen LogP) is 2.24. The molecule has 1 aliphatic heterocycles. The third kappa shape index (κ3) is 3.32. The second kappa shape index (κ2) is 6.00. The van der Waals surface area contributed by atoms with Gasteiger partial charge in [-0.2, -0.15) is 0 Å². The van der Waals surface area contributed by atoms with Gasteiger partial charge in [-0.05, 0) is 37.6 Å². The Bertz CT molecular complexity index is 399. The number of hydrogen-bond donors (Lipinski definition) is 1. The van der Waals surface area contributed by atoms with Crippen LogP contribution in [-0.2, 0) is 6.42 Å². The fourth-order valence-electron chi connectivity index (χ4n) is 1.78. The molecule has 100 valence electrons. The largest absolute Gasteiger partial charge is 0.486 e. The lowest BCUT2D eigenvalue weighted by molar-refractivity contribution is 0.106. The van der Waals surface area contributed by atoms with Gasteiger partial charge in [0.2, 0.25) is 0 Å². The molecule has 0 aliphatic carbocycles. The summed E-state index contributed by atoms with van der Waals surface area (Å²) in [5.74, 6) is 1.49. The number of alkyl halides is 2. The molecule has 1 unspecified atom stereocenters. The van der Waals surface area contributed by atoms with Crippen LogP contribution in [-0.4, -0.2) is 32.2 Å². The van der Waals surface area contributed by atoms with E-state index in [1.54, 1.807) is 0 Å². The molecular formula is C13H17F2NO2. The molecule has 1 aromatic carbocycles. The molecule has 3 nitrogen and oxygen atoms in total. The summed E-state index contributed by atoms with van der Waals surface area (Å²) in [7, 11) is 0. The van der Waals surface area contributed by atoms with E-state index in [4.69, 9.17) is 9.47 Å². The van der Waals surface area contributed by atoms with Crippen LogP contribution in [0.2, 0.25) is 0 Å². The van der Waals surface area contributed by atoms with Gasteiger partial charge in [0.25, 0.3) is 6.43 Å². The van der Waals surface area contributed by atoms with Gasteiger partial charge in [0, 0.05) is 0 Å². The van der Waals surface area contributed by atoms with Crippen LogP contribution >= 0.6 is 0 Å². The molecule has 0 bridgehead atoms. The topological polar surface area (TPSA) is 30.5 Å². The molecule has 1 aliphatic rings. The monoisotopic (exact) mass is 257 g/mol. The first kappa shape index (κ1) is 13.1. The summed E-state index contributed by atoms with van der Waals surface area (Å²) in [5.41, 5.74) is 1.05. The summed E-state index contributed by atoms with van der Waals surface area (Å²) in [4.78, 5) is 0. The van der Waals surface area contributed by atoms with E-state index in [0.717, 1.165) is 17.1 Å². The van der Waals surface area contributed by atoms with E-state index in [1.165, 1.54) is 6.92 Å². The number of fused-ring (bicyclic) bond motifs is 1. The first-order chi connectivity index (χ1) is 8.66. The maximum atomic E-state index is 12.3. The van der Waals surface area contributed by atoms with Gasteiger partial charge in [0.15, 0.2) is 11.5 Å². The second-order valence-electron chi connectivity index (χ2n) is 4.31. The molecule has 18 heavy (non-hydrogen) atoms. The van der Waals surface area contributed by atoms with Gasteiger partial charge < -0.3 is 14.8 Å². The Hall–Kier alpha value is -1.36. The van der Waals surface area contributed by atoms with Crippen molar-refractivity contribution in [3.63, 3.8) is 0 Å². The van der Waals surface area contributed by atoms with E-state index in [0.29, 0.717) is 26.2 Å². The van der Waals surface area contributed by atoms with E-state index in [9.17, 15) is 8.78 Å². The van der Waals surface area contributed by atoms with Crippen LogP contribution in [0.15, 0.2) is 18.2 Å². The van der Waals surface area contributed by atoms with Gasteiger partial charge >= 0.3 is 0 Å². The molecule has 5 heteroatoms. The van der Waals surface area contributed by atoms with Crippen molar-refractivity contribution in [3.05, 3.63) is 23.8 Å².